The van der Waals surface area contributed by atoms with Gasteiger partial charge in [0.15, 0.2) is 0 Å². The molecule has 3 rings (SSSR count). The van der Waals surface area contributed by atoms with Crippen LogP contribution in [0.2, 0.25) is 0 Å². The van der Waals surface area contributed by atoms with Crippen LogP contribution in [-0.2, 0) is 15.8 Å². The van der Waals surface area contributed by atoms with E-state index in [1.807, 2.05) is 0 Å². The van der Waals surface area contributed by atoms with Crippen LogP contribution in [0.1, 0.15) is 30.5 Å². The second-order valence-electron chi connectivity index (χ2n) is 6.72. The van der Waals surface area contributed by atoms with Crippen molar-refractivity contribution >= 4 is 17.8 Å². The molecule has 1 atom stereocenters. The van der Waals surface area contributed by atoms with Gasteiger partial charge in [0, 0.05) is 26.6 Å². The molecule has 0 saturated carbocycles. The monoisotopic (exact) mass is 410 g/mol. The first kappa shape index (κ1) is 20.7. The molecule has 0 bridgehead atoms. The van der Waals surface area contributed by atoms with Crippen LogP contribution in [0, 0.1) is 0 Å². The van der Waals surface area contributed by atoms with E-state index in [-0.39, 0.29) is 43.1 Å². The number of alkyl halides is 3. The third-order valence-electron chi connectivity index (χ3n) is 5.08. The fourth-order valence-corrected chi connectivity index (χ4v) is 3.67. The van der Waals surface area contributed by atoms with Crippen molar-refractivity contribution in [3.63, 3.8) is 0 Å². The summed E-state index contributed by atoms with van der Waals surface area (Å²) in [4.78, 5) is 39.8. The topological polar surface area (TPSA) is 81.8 Å². The van der Waals surface area contributed by atoms with E-state index in [9.17, 15) is 27.6 Å². The Kier molecular flexibility index (Phi) is 5.54. The van der Waals surface area contributed by atoms with Gasteiger partial charge in [0.05, 0.1) is 29.4 Å². The quantitative estimate of drug-likeness (QED) is 0.779. The van der Waals surface area contributed by atoms with E-state index < -0.39 is 29.7 Å². The van der Waals surface area contributed by atoms with Gasteiger partial charge in [0.25, 0.3) is 5.91 Å². The van der Waals surface area contributed by atoms with Crippen LogP contribution in [0.3, 0.4) is 0 Å². The van der Waals surface area contributed by atoms with Gasteiger partial charge in [0.1, 0.15) is 0 Å². The molecule has 156 valence electrons. The Morgan fingerprint density at radius 3 is 2.59 bits per heavy atom. The van der Waals surface area contributed by atoms with Gasteiger partial charge in [-0.25, -0.2) is 4.79 Å². The van der Waals surface area contributed by atoms with Crippen molar-refractivity contribution in [2.75, 3.05) is 26.7 Å². The van der Waals surface area contributed by atoms with Crippen molar-refractivity contribution in [1.82, 2.24) is 20.4 Å². The minimum Gasteiger partial charge on any atom is -0.359 e. The molecular weight excluding hydrogens is 389 g/mol. The molecule has 10 heteroatoms. The Bertz CT molecular complexity index is 882. The number of carbonyl (C=O) groups excluding carboxylic acids is 3. The lowest BCUT2D eigenvalue weighted by Crippen LogP contribution is -2.47. The summed E-state index contributed by atoms with van der Waals surface area (Å²) in [6.45, 7) is 2.14. The van der Waals surface area contributed by atoms with Gasteiger partial charge in [0.2, 0.25) is 5.91 Å². The average molecular weight is 410 g/mol. The molecule has 29 heavy (non-hydrogen) atoms. The lowest BCUT2D eigenvalue weighted by Gasteiger charge is -2.33. The SMILES string of the molecule is CCN1C(=O)NC(c2ccccc2C(F)(F)F)C2=C1CN(CCC(=O)NC)C2=O. The maximum absolute atomic E-state index is 13.5. The molecule has 2 N–H and O–H groups in total. The molecule has 2 heterocycles. The van der Waals surface area contributed by atoms with Crippen LogP contribution in [0.4, 0.5) is 18.0 Å². The molecule has 2 aliphatic rings. The normalized spacial score (nSPS) is 19.4. The molecule has 0 spiro atoms. The number of halogens is 3. The van der Waals surface area contributed by atoms with Crippen molar-refractivity contribution < 1.29 is 27.6 Å². The highest BCUT2D eigenvalue weighted by Crippen LogP contribution is 2.41. The maximum Gasteiger partial charge on any atom is 0.416 e. The molecule has 7 nitrogen and oxygen atoms in total. The molecule has 0 saturated heterocycles. The lowest BCUT2D eigenvalue weighted by molar-refractivity contribution is -0.138. The zero-order valence-corrected chi connectivity index (χ0v) is 16.0. The number of carbonyl (C=O) groups is 3. The minimum absolute atomic E-state index is 0.0557. The summed E-state index contributed by atoms with van der Waals surface area (Å²) in [5.41, 5.74) is -0.600. The third-order valence-corrected chi connectivity index (χ3v) is 5.08. The summed E-state index contributed by atoms with van der Waals surface area (Å²) in [6.07, 6.45) is -4.58. The number of urea groups is 1. The largest absolute Gasteiger partial charge is 0.416 e. The smallest absolute Gasteiger partial charge is 0.359 e. The van der Waals surface area contributed by atoms with E-state index in [1.54, 1.807) is 6.92 Å². The second-order valence-corrected chi connectivity index (χ2v) is 6.72. The summed E-state index contributed by atoms with van der Waals surface area (Å²) < 4.78 is 40.6. The average Bonchev–Trinajstić information content (AvgIpc) is 3.01. The first-order valence-electron chi connectivity index (χ1n) is 9.16. The zero-order valence-electron chi connectivity index (χ0n) is 16.0. The minimum atomic E-state index is -4.63. The number of benzene rings is 1. The van der Waals surface area contributed by atoms with E-state index >= 15 is 0 Å². The Hall–Kier alpha value is -3.04. The van der Waals surface area contributed by atoms with Crippen LogP contribution in [0.5, 0.6) is 0 Å². The summed E-state index contributed by atoms with van der Waals surface area (Å²) in [7, 11) is 1.48. The number of amides is 4. The summed E-state index contributed by atoms with van der Waals surface area (Å²) in [6, 6.07) is 3.12. The Balaban J connectivity index is 2.02. The van der Waals surface area contributed by atoms with Crippen molar-refractivity contribution in [1.29, 1.82) is 0 Å². The van der Waals surface area contributed by atoms with Crippen molar-refractivity contribution in [3.8, 4) is 0 Å². The predicted molar refractivity (Wildman–Crippen MR) is 97.4 cm³/mol. The van der Waals surface area contributed by atoms with E-state index in [0.717, 1.165) is 6.07 Å². The van der Waals surface area contributed by atoms with Crippen LogP contribution >= 0.6 is 0 Å². The molecule has 1 aromatic carbocycles. The van der Waals surface area contributed by atoms with Gasteiger partial charge in [-0.05, 0) is 18.6 Å². The number of likely N-dealkylation sites (N-methyl/N-ethyl adjacent to an activating group) is 1. The summed E-state index contributed by atoms with van der Waals surface area (Å²) >= 11 is 0. The molecular formula is C19H21F3N4O3. The third kappa shape index (κ3) is 3.79. The highest BCUT2D eigenvalue weighted by atomic mass is 19.4. The molecule has 1 unspecified atom stereocenters. The number of hydrogen-bond donors (Lipinski definition) is 2. The Morgan fingerprint density at radius 1 is 1.28 bits per heavy atom. The number of hydrogen-bond acceptors (Lipinski definition) is 3. The van der Waals surface area contributed by atoms with Gasteiger partial charge >= 0.3 is 12.2 Å². The summed E-state index contributed by atoms with van der Waals surface area (Å²) in [5.74, 6) is -0.743. The van der Waals surface area contributed by atoms with Crippen LogP contribution in [0.25, 0.3) is 0 Å². The van der Waals surface area contributed by atoms with Crippen molar-refractivity contribution in [3.05, 3.63) is 46.7 Å². The van der Waals surface area contributed by atoms with Gasteiger partial charge in [-0.15, -0.1) is 0 Å². The molecule has 0 aliphatic carbocycles. The fourth-order valence-electron chi connectivity index (χ4n) is 3.67. The second kappa shape index (κ2) is 7.76. The Labute approximate surface area is 165 Å². The molecule has 1 aromatic rings. The molecule has 0 radical (unpaired) electrons. The first-order valence-corrected chi connectivity index (χ1v) is 9.16. The lowest BCUT2D eigenvalue weighted by atomic mass is 9.91. The van der Waals surface area contributed by atoms with E-state index in [2.05, 4.69) is 10.6 Å². The van der Waals surface area contributed by atoms with E-state index in [4.69, 9.17) is 0 Å². The van der Waals surface area contributed by atoms with E-state index in [1.165, 1.54) is 35.0 Å². The summed E-state index contributed by atoms with van der Waals surface area (Å²) in [5, 5.41) is 5.01. The highest BCUT2D eigenvalue weighted by Gasteiger charge is 2.46. The maximum atomic E-state index is 13.5. The van der Waals surface area contributed by atoms with Crippen molar-refractivity contribution in [2.45, 2.75) is 25.6 Å². The highest BCUT2D eigenvalue weighted by molar-refractivity contribution is 6.01. The molecule has 4 amide bonds. The van der Waals surface area contributed by atoms with Gasteiger partial charge < -0.3 is 15.5 Å². The Morgan fingerprint density at radius 2 is 1.97 bits per heavy atom. The van der Waals surface area contributed by atoms with Gasteiger partial charge in [-0.2, -0.15) is 13.2 Å². The van der Waals surface area contributed by atoms with Crippen LogP contribution < -0.4 is 10.6 Å². The standard InChI is InChI=1S/C19H21F3N4O3/c1-3-26-13-10-25(9-8-14(27)23-2)17(28)15(13)16(24-18(26)29)11-6-4-5-7-12(11)19(20,21)22/h4-7,16H,3,8-10H2,1-2H3,(H,23,27)(H,24,29). The van der Waals surface area contributed by atoms with Crippen LogP contribution in [-0.4, -0.2) is 54.3 Å². The fraction of sp³-hybridized carbons (Fsp3) is 0.421. The predicted octanol–water partition coefficient (Wildman–Crippen LogP) is 2.02. The molecule has 0 aromatic heterocycles. The number of nitrogens with one attached hydrogen (secondary N) is 2. The number of rotatable bonds is 5. The van der Waals surface area contributed by atoms with Gasteiger partial charge in [-0.1, -0.05) is 18.2 Å². The van der Waals surface area contributed by atoms with Gasteiger partial charge in [-0.3, -0.25) is 14.5 Å². The molecule has 2 aliphatic heterocycles. The first-order chi connectivity index (χ1) is 13.7. The van der Waals surface area contributed by atoms with E-state index in [0.29, 0.717) is 5.70 Å². The van der Waals surface area contributed by atoms with Crippen LogP contribution in [0.15, 0.2) is 35.5 Å². The molecule has 0 fully saturated rings. The zero-order chi connectivity index (χ0) is 21.3. The number of nitrogens with zero attached hydrogens (tertiary/aromatic N) is 2. The van der Waals surface area contributed by atoms with Crippen molar-refractivity contribution in [2.24, 2.45) is 0 Å².